The lowest BCUT2D eigenvalue weighted by molar-refractivity contribution is 0.0589. The Morgan fingerprint density at radius 3 is 2.07 bits per heavy atom. The van der Waals surface area contributed by atoms with E-state index in [4.69, 9.17) is 4.43 Å². The van der Waals surface area contributed by atoms with Gasteiger partial charge in [-0.05, 0) is 45.2 Å². The molecule has 0 bridgehead atoms. The molecule has 0 heterocycles. The number of hydrogen-bond donors (Lipinski definition) is 0. The van der Waals surface area contributed by atoms with Gasteiger partial charge in [0.15, 0.2) is 0 Å². The van der Waals surface area contributed by atoms with Gasteiger partial charge >= 0.3 is 0 Å². The third kappa shape index (κ3) is 5.48. The van der Waals surface area contributed by atoms with E-state index in [9.17, 15) is 0 Å². The van der Waals surface area contributed by atoms with Crippen LogP contribution in [0.25, 0.3) is 0 Å². The van der Waals surface area contributed by atoms with Crippen molar-refractivity contribution in [1.29, 1.82) is 0 Å². The van der Waals surface area contributed by atoms with Crippen LogP contribution in [-0.4, -0.2) is 35.6 Å². The zero-order valence-corrected chi connectivity index (χ0v) is 13.5. The average molecular weight is 234 g/mol. The van der Waals surface area contributed by atoms with Crippen molar-refractivity contribution < 1.29 is 4.43 Å². The first-order chi connectivity index (χ1) is 6.60. The van der Waals surface area contributed by atoms with Gasteiger partial charge in [0.2, 0.25) is 0 Å². The van der Waals surface area contributed by atoms with E-state index in [1.165, 1.54) is 38.3 Å². The van der Waals surface area contributed by atoms with Crippen molar-refractivity contribution in [3.8, 4) is 0 Å². The molecule has 0 saturated carbocycles. The summed E-state index contributed by atoms with van der Waals surface area (Å²) < 4.78 is 5.79. The average Bonchev–Trinajstić information content (AvgIpc) is 2.19. The van der Waals surface area contributed by atoms with Crippen molar-refractivity contribution in [2.75, 3.05) is 19.5 Å². The summed E-state index contributed by atoms with van der Waals surface area (Å²) in [5.41, 5.74) is 0.233. The number of rotatable bonds is 8. The molecule has 0 aliphatic carbocycles. The van der Waals surface area contributed by atoms with Crippen LogP contribution in [0.1, 0.15) is 46.0 Å². The van der Waals surface area contributed by atoms with Gasteiger partial charge in [-0.2, -0.15) is 0 Å². The second-order valence-electron chi connectivity index (χ2n) is 4.35. The van der Waals surface area contributed by atoms with Crippen molar-refractivity contribution in [2.45, 2.75) is 51.6 Å². The third-order valence-electron chi connectivity index (χ3n) is 3.21. The number of unbranched alkanes of at least 4 members (excludes halogenated alkanes) is 1. The SMILES string of the molecule is CCC(CC)(CCCCP(C)C)O[SiH3]. The Hall–Kier alpha value is 0.607. The van der Waals surface area contributed by atoms with Crippen LogP contribution in [0, 0.1) is 0 Å². The molecule has 3 heteroatoms. The summed E-state index contributed by atoms with van der Waals surface area (Å²) in [6.45, 7) is 9.25. The van der Waals surface area contributed by atoms with Crippen LogP contribution in [0.5, 0.6) is 0 Å². The van der Waals surface area contributed by atoms with Crippen LogP contribution in [0.3, 0.4) is 0 Å². The summed E-state index contributed by atoms with van der Waals surface area (Å²) in [7, 11) is 1.19. The molecular formula is C11H27OPSi. The van der Waals surface area contributed by atoms with E-state index in [0.717, 1.165) is 10.5 Å². The molecule has 0 unspecified atom stereocenters. The lowest BCUT2D eigenvalue weighted by Crippen LogP contribution is -2.30. The monoisotopic (exact) mass is 234 g/mol. The quantitative estimate of drug-likeness (QED) is 0.356. The first kappa shape index (κ1) is 14.6. The molecule has 14 heavy (non-hydrogen) atoms. The minimum absolute atomic E-state index is 0.233. The molecule has 0 atom stereocenters. The highest BCUT2D eigenvalue weighted by atomic mass is 31.1. The van der Waals surface area contributed by atoms with Crippen LogP contribution >= 0.6 is 7.92 Å². The largest absolute Gasteiger partial charge is 0.422 e. The Morgan fingerprint density at radius 2 is 1.71 bits per heavy atom. The smallest absolute Gasteiger partial charge is 0.146 e. The fourth-order valence-corrected chi connectivity index (χ4v) is 3.51. The van der Waals surface area contributed by atoms with Gasteiger partial charge in [-0.15, -0.1) is 7.92 Å². The molecule has 0 aromatic heterocycles. The van der Waals surface area contributed by atoms with Crippen molar-refractivity contribution in [2.24, 2.45) is 0 Å². The summed E-state index contributed by atoms with van der Waals surface area (Å²) in [5.74, 6) is 0. The van der Waals surface area contributed by atoms with Gasteiger partial charge < -0.3 is 4.43 Å². The van der Waals surface area contributed by atoms with E-state index in [-0.39, 0.29) is 5.60 Å². The lowest BCUT2D eigenvalue weighted by atomic mass is 9.91. The Balaban J connectivity index is 3.71. The first-order valence-electron chi connectivity index (χ1n) is 5.80. The van der Waals surface area contributed by atoms with Crippen LogP contribution in [0.15, 0.2) is 0 Å². The van der Waals surface area contributed by atoms with E-state index in [0.29, 0.717) is 7.92 Å². The molecule has 0 aromatic carbocycles. The summed E-state index contributed by atoms with van der Waals surface area (Å²) in [4.78, 5) is 0. The van der Waals surface area contributed by atoms with Gasteiger partial charge in [0.05, 0.1) is 5.60 Å². The zero-order chi connectivity index (χ0) is 11.0. The van der Waals surface area contributed by atoms with Gasteiger partial charge in [-0.1, -0.05) is 20.3 Å². The summed E-state index contributed by atoms with van der Waals surface area (Å²) in [5, 5.41) is 0. The van der Waals surface area contributed by atoms with Crippen LogP contribution < -0.4 is 0 Å². The Bertz CT molecular complexity index is 127. The van der Waals surface area contributed by atoms with Gasteiger partial charge in [0.1, 0.15) is 10.5 Å². The Morgan fingerprint density at radius 1 is 1.14 bits per heavy atom. The highest BCUT2D eigenvalue weighted by Crippen LogP contribution is 2.29. The molecule has 1 nitrogen and oxygen atoms in total. The number of hydrogen-bond acceptors (Lipinski definition) is 1. The molecule has 0 N–H and O–H groups in total. The highest BCUT2D eigenvalue weighted by Gasteiger charge is 2.23. The van der Waals surface area contributed by atoms with Crippen molar-refractivity contribution in [3.05, 3.63) is 0 Å². The minimum Gasteiger partial charge on any atom is -0.422 e. The molecule has 0 radical (unpaired) electrons. The van der Waals surface area contributed by atoms with E-state index in [1.807, 2.05) is 0 Å². The molecule has 0 amide bonds. The molecule has 0 aliphatic rings. The normalized spacial score (nSPS) is 12.6. The molecule has 0 aromatic rings. The van der Waals surface area contributed by atoms with E-state index in [2.05, 4.69) is 27.2 Å². The third-order valence-corrected chi connectivity index (χ3v) is 5.29. The maximum atomic E-state index is 5.79. The zero-order valence-electron chi connectivity index (χ0n) is 10.6. The molecule has 0 fully saturated rings. The molecule has 0 saturated heterocycles. The van der Waals surface area contributed by atoms with Gasteiger partial charge in [0, 0.05) is 0 Å². The van der Waals surface area contributed by atoms with E-state index >= 15 is 0 Å². The molecule has 0 rings (SSSR count). The predicted octanol–water partition coefficient (Wildman–Crippen LogP) is 2.75. The van der Waals surface area contributed by atoms with Crippen LogP contribution in [0.4, 0.5) is 0 Å². The van der Waals surface area contributed by atoms with Gasteiger partial charge in [0.25, 0.3) is 0 Å². The predicted molar refractivity (Wildman–Crippen MR) is 71.8 cm³/mol. The van der Waals surface area contributed by atoms with Crippen molar-refractivity contribution >= 4 is 18.4 Å². The molecule has 0 spiro atoms. The maximum Gasteiger partial charge on any atom is 0.146 e. The molecular weight excluding hydrogens is 207 g/mol. The van der Waals surface area contributed by atoms with Crippen LogP contribution in [-0.2, 0) is 4.43 Å². The minimum atomic E-state index is 0.233. The summed E-state index contributed by atoms with van der Waals surface area (Å²) >= 11 is 0. The van der Waals surface area contributed by atoms with Crippen molar-refractivity contribution in [3.63, 3.8) is 0 Å². The Kier molecular flexibility index (Phi) is 8.18. The second kappa shape index (κ2) is 7.84. The van der Waals surface area contributed by atoms with E-state index in [1.54, 1.807) is 0 Å². The molecule has 86 valence electrons. The highest BCUT2D eigenvalue weighted by molar-refractivity contribution is 7.55. The lowest BCUT2D eigenvalue weighted by Gasteiger charge is -2.31. The van der Waals surface area contributed by atoms with Crippen molar-refractivity contribution in [1.82, 2.24) is 0 Å². The fourth-order valence-electron chi connectivity index (χ4n) is 1.87. The fraction of sp³-hybridized carbons (Fsp3) is 1.00. The summed E-state index contributed by atoms with van der Waals surface area (Å²) in [6, 6.07) is 0. The standard InChI is InChI=1S/C11H27OPSi/c1-5-11(6-2,12-14)9-7-8-10-13(3)4/h5-10H2,1-4,14H3. The van der Waals surface area contributed by atoms with E-state index < -0.39 is 0 Å². The Labute approximate surface area is 94.3 Å². The summed E-state index contributed by atoms with van der Waals surface area (Å²) in [6.07, 6.45) is 7.81. The molecule has 0 aliphatic heterocycles. The van der Waals surface area contributed by atoms with Gasteiger partial charge in [-0.3, -0.25) is 0 Å². The topological polar surface area (TPSA) is 9.23 Å². The second-order valence-corrected chi connectivity index (χ2v) is 7.37. The van der Waals surface area contributed by atoms with Gasteiger partial charge in [-0.25, -0.2) is 0 Å². The first-order valence-corrected chi connectivity index (χ1v) is 9.04. The maximum absolute atomic E-state index is 5.79. The van der Waals surface area contributed by atoms with Crippen LogP contribution in [0.2, 0.25) is 0 Å².